The van der Waals surface area contributed by atoms with E-state index in [4.69, 9.17) is 4.74 Å². The molecule has 3 rings (SSSR count). The summed E-state index contributed by atoms with van der Waals surface area (Å²) in [4.78, 5) is 17.7. The molecule has 1 aromatic carbocycles. The topological polar surface area (TPSA) is 32.8 Å². The quantitative estimate of drug-likeness (QED) is 0.678. The van der Waals surface area contributed by atoms with Gasteiger partial charge < -0.3 is 14.5 Å². The van der Waals surface area contributed by atoms with Crippen LogP contribution in [0.3, 0.4) is 0 Å². The third kappa shape index (κ3) is 5.73. The number of ether oxygens (including phenoxy) is 1. The molecule has 1 amide bonds. The first-order valence-electron chi connectivity index (χ1n) is 11.3. The van der Waals surface area contributed by atoms with Gasteiger partial charge in [-0.3, -0.25) is 4.79 Å². The molecule has 156 valence electrons. The minimum atomic E-state index is 0.152. The predicted octanol–water partition coefficient (Wildman–Crippen LogP) is 4.75. The Hall–Kier alpha value is -1.55. The van der Waals surface area contributed by atoms with Crippen molar-refractivity contribution in [2.75, 3.05) is 32.8 Å². The Morgan fingerprint density at radius 1 is 1.11 bits per heavy atom. The summed E-state index contributed by atoms with van der Waals surface area (Å²) >= 11 is 0. The molecule has 2 saturated heterocycles. The van der Waals surface area contributed by atoms with E-state index in [1.54, 1.807) is 0 Å². The molecule has 2 aliphatic rings. The lowest BCUT2D eigenvalue weighted by atomic mass is 9.98. The number of aryl methyl sites for hydroxylation is 1. The third-order valence-corrected chi connectivity index (χ3v) is 6.32. The van der Waals surface area contributed by atoms with Gasteiger partial charge in [-0.2, -0.15) is 0 Å². The molecule has 1 aromatic rings. The second-order valence-electron chi connectivity index (χ2n) is 8.91. The van der Waals surface area contributed by atoms with Crippen molar-refractivity contribution >= 4 is 5.91 Å². The Bertz CT molecular complexity index is 637. The van der Waals surface area contributed by atoms with Crippen LogP contribution in [0.2, 0.25) is 0 Å². The van der Waals surface area contributed by atoms with E-state index < -0.39 is 0 Å². The van der Waals surface area contributed by atoms with Gasteiger partial charge in [0.05, 0.1) is 0 Å². The highest BCUT2D eigenvalue weighted by Crippen LogP contribution is 2.28. The number of likely N-dealkylation sites (tertiary alicyclic amines) is 2. The van der Waals surface area contributed by atoms with E-state index in [1.165, 1.54) is 49.9 Å². The zero-order valence-electron chi connectivity index (χ0n) is 18.1. The van der Waals surface area contributed by atoms with Crippen LogP contribution in [0.5, 0.6) is 5.75 Å². The normalized spacial score (nSPS) is 21.1. The zero-order valence-corrected chi connectivity index (χ0v) is 18.1. The van der Waals surface area contributed by atoms with Crippen molar-refractivity contribution in [3.63, 3.8) is 0 Å². The van der Waals surface area contributed by atoms with E-state index in [9.17, 15) is 4.79 Å². The number of hydrogen-bond acceptors (Lipinski definition) is 3. The van der Waals surface area contributed by atoms with Crippen molar-refractivity contribution in [2.45, 2.75) is 77.7 Å². The third-order valence-electron chi connectivity index (χ3n) is 6.32. The maximum absolute atomic E-state index is 13.0. The largest absolute Gasteiger partial charge is 0.483 e. The maximum atomic E-state index is 13.0. The molecule has 0 N–H and O–H groups in total. The Kier molecular flexibility index (Phi) is 7.78. The Morgan fingerprint density at radius 3 is 2.61 bits per heavy atom. The number of carbonyl (C=O) groups is 1. The van der Waals surface area contributed by atoms with Crippen LogP contribution in [0.25, 0.3) is 0 Å². The SMILES string of the molecule is Cc1ccc(C(C)C)c(OCC(=O)N2CCCC[C@H]2CCN2CCCCC2)c1. The van der Waals surface area contributed by atoms with Gasteiger partial charge in [0.15, 0.2) is 6.61 Å². The summed E-state index contributed by atoms with van der Waals surface area (Å²) in [6.07, 6.45) is 8.64. The van der Waals surface area contributed by atoms with Crippen LogP contribution in [0.4, 0.5) is 0 Å². The average Bonchev–Trinajstić information content (AvgIpc) is 2.71. The van der Waals surface area contributed by atoms with Gasteiger partial charge in [0.2, 0.25) is 0 Å². The Morgan fingerprint density at radius 2 is 1.86 bits per heavy atom. The summed E-state index contributed by atoms with van der Waals surface area (Å²) in [5.74, 6) is 1.41. The number of nitrogens with zero attached hydrogens (tertiary/aromatic N) is 2. The molecule has 0 saturated carbocycles. The molecule has 0 radical (unpaired) electrons. The molecule has 28 heavy (non-hydrogen) atoms. The molecule has 0 bridgehead atoms. The molecule has 0 spiro atoms. The van der Waals surface area contributed by atoms with Gasteiger partial charge in [-0.25, -0.2) is 0 Å². The molecular formula is C24H38N2O2. The van der Waals surface area contributed by atoms with Crippen LogP contribution >= 0.6 is 0 Å². The maximum Gasteiger partial charge on any atom is 0.260 e. The lowest BCUT2D eigenvalue weighted by Crippen LogP contribution is -2.47. The number of piperidine rings is 2. The number of rotatable bonds is 7. The number of amides is 1. The minimum absolute atomic E-state index is 0.152. The molecular weight excluding hydrogens is 348 g/mol. The van der Waals surface area contributed by atoms with Crippen molar-refractivity contribution < 1.29 is 9.53 Å². The first kappa shape index (κ1) is 21.2. The van der Waals surface area contributed by atoms with Gasteiger partial charge in [0.25, 0.3) is 5.91 Å². The predicted molar refractivity (Wildman–Crippen MR) is 115 cm³/mol. The van der Waals surface area contributed by atoms with E-state index in [2.05, 4.69) is 48.8 Å². The molecule has 2 heterocycles. The summed E-state index contributed by atoms with van der Waals surface area (Å²) in [5.41, 5.74) is 2.35. The van der Waals surface area contributed by atoms with E-state index in [1.807, 2.05) is 0 Å². The highest BCUT2D eigenvalue weighted by atomic mass is 16.5. The fraction of sp³-hybridized carbons (Fsp3) is 0.708. The summed E-state index contributed by atoms with van der Waals surface area (Å²) in [6.45, 7) is 11.0. The lowest BCUT2D eigenvalue weighted by Gasteiger charge is -2.37. The first-order valence-corrected chi connectivity index (χ1v) is 11.3. The van der Waals surface area contributed by atoms with Gasteiger partial charge in [-0.1, -0.05) is 32.4 Å². The smallest absolute Gasteiger partial charge is 0.260 e. The second kappa shape index (κ2) is 10.3. The molecule has 0 aliphatic carbocycles. The van der Waals surface area contributed by atoms with Gasteiger partial charge in [0, 0.05) is 19.1 Å². The van der Waals surface area contributed by atoms with Crippen LogP contribution in [0, 0.1) is 6.92 Å². The molecule has 2 fully saturated rings. The lowest BCUT2D eigenvalue weighted by molar-refractivity contribution is -0.137. The van der Waals surface area contributed by atoms with Gasteiger partial charge >= 0.3 is 0 Å². The zero-order chi connectivity index (χ0) is 19.9. The standard InChI is InChI=1S/C24H38N2O2/c1-19(2)22-11-10-20(3)17-23(22)28-18-24(27)26-15-8-5-9-21(26)12-16-25-13-6-4-7-14-25/h10-11,17,19,21H,4-9,12-16,18H2,1-3H3/t21-/m0/s1. The summed E-state index contributed by atoms with van der Waals surface area (Å²) in [5, 5.41) is 0. The number of benzene rings is 1. The Balaban J connectivity index is 1.56. The van der Waals surface area contributed by atoms with E-state index in [0.29, 0.717) is 12.0 Å². The van der Waals surface area contributed by atoms with Gasteiger partial charge in [-0.15, -0.1) is 0 Å². The summed E-state index contributed by atoms with van der Waals surface area (Å²) in [6, 6.07) is 6.69. The minimum Gasteiger partial charge on any atom is -0.483 e. The van der Waals surface area contributed by atoms with E-state index in [-0.39, 0.29) is 12.5 Å². The van der Waals surface area contributed by atoms with Crippen molar-refractivity contribution in [2.24, 2.45) is 0 Å². The number of carbonyl (C=O) groups excluding carboxylic acids is 1. The van der Waals surface area contributed by atoms with Crippen molar-refractivity contribution in [3.05, 3.63) is 29.3 Å². The molecule has 4 heteroatoms. The van der Waals surface area contributed by atoms with E-state index >= 15 is 0 Å². The van der Waals surface area contributed by atoms with Crippen LogP contribution in [-0.4, -0.2) is 54.5 Å². The second-order valence-corrected chi connectivity index (χ2v) is 8.91. The monoisotopic (exact) mass is 386 g/mol. The first-order chi connectivity index (χ1) is 13.5. The molecule has 1 atom stereocenters. The average molecular weight is 387 g/mol. The summed E-state index contributed by atoms with van der Waals surface area (Å²) < 4.78 is 6.04. The Labute approximate surface area is 171 Å². The van der Waals surface area contributed by atoms with Crippen molar-refractivity contribution in [1.29, 1.82) is 0 Å². The van der Waals surface area contributed by atoms with Crippen LogP contribution in [0.15, 0.2) is 18.2 Å². The van der Waals surface area contributed by atoms with Crippen LogP contribution in [-0.2, 0) is 4.79 Å². The van der Waals surface area contributed by atoms with Crippen LogP contribution in [0.1, 0.15) is 75.8 Å². The molecule has 0 unspecified atom stereocenters. The highest BCUT2D eigenvalue weighted by Gasteiger charge is 2.27. The molecule has 2 aliphatic heterocycles. The molecule has 4 nitrogen and oxygen atoms in total. The highest BCUT2D eigenvalue weighted by molar-refractivity contribution is 5.78. The summed E-state index contributed by atoms with van der Waals surface area (Å²) in [7, 11) is 0. The van der Waals surface area contributed by atoms with E-state index in [0.717, 1.165) is 38.1 Å². The number of hydrogen-bond donors (Lipinski definition) is 0. The van der Waals surface area contributed by atoms with Gasteiger partial charge in [0.1, 0.15) is 5.75 Å². The van der Waals surface area contributed by atoms with Gasteiger partial charge in [-0.05, 0) is 81.6 Å². The molecule has 0 aromatic heterocycles. The van der Waals surface area contributed by atoms with Crippen molar-refractivity contribution in [1.82, 2.24) is 9.80 Å². The van der Waals surface area contributed by atoms with Crippen LogP contribution < -0.4 is 4.74 Å². The van der Waals surface area contributed by atoms with Crippen molar-refractivity contribution in [3.8, 4) is 5.75 Å². The fourth-order valence-electron chi connectivity index (χ4n) is 4.61. The fourth-order valence-corrected chi connectivity index (χ4v) is 4.61.